The number of benzene rings is 1. The minimum Gasteiger partial charge on any atom is -0.493 e. The fraction of sp³-hybridized carbons (Fsp3) is 0.150. The van der Waals surface area contributed by atoms with Crippen LogP contribution >= 0.6 is 0 Å². The van der Waals surface area contributed by atoms with Gasteiger partial charge in [0.1, 0.15) is 5.69 Å². The van der Waals surface area contributed by atoms with Gasteiger partial charge in [-0.05, 0) is 17.7 Å². The van der Waals surface area contributed by atoms with Gasteiger partial charge in [0.2, 0.25) is 11.8 Å². The Labute approximate surface area is 169 Å². The Hall–Kier alpha value is -4.21. The largest absolute Gasteiger partial charge is 0.493 e. The van der Waals surface area contributed by atoms with Gasteiger partial charge >= 0.3 is 5.69 Å². The van der Waals surface area contributed by atoms with Crippen LogP contribution in [0.2, 0.25) is 0 Å². The summed E-state index contributed by atoms with van der Waals surface area (Å²) in [5.41, 5.74) is 3.30. The number of carbonyl (C=O) groups excluding carboxylic acids is 1. The molecular weight excluding hydrogens is 386 g/mol. The van der Waals surface area contributed by atoms with Gasteiger partial charge < -0.3 is 15.4 Å². The van der Waals surface area contributed by atoms with E-state index in [2.05, 4.69) is 25.4 Å². The lowest BCUT2D eigenvalue weighted by Gasteiger charge is -2.06. The topological polar surface area (TPSA) is 141 Å². The van der Waals surface area contributed by atoms with Gasteiger partial charge in [0.25, 0.3) is 0 Å². The lowest BCUT2D eigenvalue weighted by molar-refractivity contribution is -0.119. The van der Waals surface area contributed by atoms with Gasteiger partial charge in [-0.1, -0.05) is 18.2 Å². The molecule has 152 valence electrons. The Kier molecular flexibility index (Phi) is 4.88. The Balaban J connectivity index is 1.87. The monoisotopic (exact) mass is 405 g/mol. The number of H-pyrrole nitrogens is 2. The van der Waals surface area contributed by atoms with E-state index in [4.69, 9.17) is 4.98 Å². The van der Waals surface area contributed by atoms with Gasteiger partial charge in [-0.15, -0.1) is 0 Å². The van der Waals surface area contributed by atoms with Crippen molar-refractivity contribution >= 4 is 17.6 Å². The molecule has 0 spiro atoms. The zero-order valence-electron chi connectivity index (χ0n) is 16.3. The number of hydrogen-bond donors (Lipinski definition) is 4. The van der Waals surface area contributed by atoms with E-state index < -0.39 is 5.69 Å². The van der Waals surface area contributed by atoms with E-state index in [9.17, 15) is 14.7 Å². The second-order valence-electron chi connectivity index (χ2n) is 6.65. The number of aromatic nitrogens is 5. The van der Waals surface area contributed by atoms with Crippen LogP contribution in [0.5, 0.6) is 5.88 Å². The number of aromatic amines is 2. The number of imidazole rings is 1. The second kappa shape index (κ2) is 7.66. The first kappa shape index (κ1) is 19.1. The zero-order valence-corrected chi connectivity index (χ0v) is 16.3. The van der Waals surface area contributed by atoms with Gasteiger partial charge in [-0.2, -0.15) is 9.61 Å². The van der Waals surface area contributed by atoms with Crippen LogP contribution in [0.15, 0.2) is 46.3 Å². The molecule has 1 amide bonds. The predicted octanol–water partition coefficient (Wildman–Crippen LogP) is -0.167. The van der Waals surface area contributed by atoms with Crippen molar-refractivity contribution in [3.05, 3.63) is 69.0 Å². The fourth-order valence-electron chi connectivity index (χ4n) is 3.09. The first-order chi connectivity index (χ1) is 14.4. The van der Waals surface area contributed by atoms with Crippen molar-refractivity contribution < 1.29 is 9.90 Å². The van der Waals surface area contributed by atoms with Gasteiger partial charge in [-0.3, -0.25) is 14.8 Å². The van der Waals surface area contributed by atoms with Crippen molar-refractivity contribution in [1.29, 1.82) is 0 Å². The molecule has 3 aromatic heterocycles. The maximum Gasteiger partial charge on any atom is 0.326 e. The first-order valence-electron chi connectivity index (χ1n) is 9.13. The molecule has 0 unspecified atom stereocenters. The van der Waals surface area contributed by atoms with Crippen LogP contribution in [0.3, 0.4) is 0 Å². The summed E-state index contributed by atoms with van der Waals surface area (Å²) in [6, 6.07) is 9.50. The third-order valence-electron chi connectivity index (χ3n) is 4.51. The Morgan fingerprint density at radius 2 is 2.17 bits per heavy atom. The number of rotatable bonds is 4. The van der Waals surface area contributed by atoms with Gasteiger partial charge in [0.05, 0.1) is 11.9 Å². The molecule has 0 fully saturated rings. The average molecular weight is 405 g/mol. The van der Waals surface area contributed by atoms with Crippen molar-refractivity contribution in [3.63, 3.8) is 0 Å². The van der Waals surface area contributed by atoms with E-state index in [1.807, 2.05) is 30.3 Å². The van der Waals surface area contributed by atoms with Gasteiger partial charge in [0.15, 0.2) is 11.1 Å². The van der Waals surface area contributed by atoms with Crippen molar-refractivity contribution in [1.82, 2.24) is 29.9 Å². The summed E-state index contributed by atoms with van der Waals surface area (Å²) >= 11 is 0. The van der Waals surface area contributed by atoms with E-state index in [1.54, 1.807) is 23.8 Å². The molecule has 4 aromatic rings. The molecule has 30 heavy (non-hydrogen) atoms. The van der Waals surface area contributed by atoms with E-state index in [0.717, 1.165) is 11.1 Å². The van der Waals surface area contributed by atoms with Crippen LogP contribution in [0, 0.1) is 0 Å². The zero-order chi connectivity index (χ0) is 21.3. The molecule has 10 heteroatoms. The molecule has 1 aromatic carbocycles. The van der Waals surface area contributed by atoms with Crippen LogP contribution in [-0.2, 0) is 11.3 Å². The fourth-order valence-corrected chi connectivity index (χ4v) is 3.09. The summed E-state index contributed by atoms with van der Waals surface area (Å²) in [7, 11) is 1.66. The molecule has 0 atom stereocenters. The molecule has 0 aliphatic heterocycles. The minimum atomic E-state index is -0.510. The standard InChI is InChI=1S/C20H19N7O3/c1-11(28)22-9-12-4-3-5-13(6-12)15-8-17(21-2)27-18(24-15)14(10-23-27)7-16-19(29)26-20(30)25-16/h3-8,10,29H,9H2,1-2H3,(H,22,28)(H2,25,26,30). The molecule has 0 aliphatic carbocycles. The van der Waals surface area contributed by atoms with Crippen LogP contribution in [-0.4, -0.2) is 42.6 Å². The van der Waals surface area contributed by atoms with Crippen LogP contribution < -0.4 is 21.7 Å². The van der Waals surface area contributed by atoms with E-state index in [1.165, 1.54) is 6.92 Å². The summed E-state index contributed by atoms with van der Waals surface area (Å²) in [5.74, 6) is -0.362. The van der Waals surface area contributed by atoms with E-state index >= 15 is 0 Å². The molecule has 3 heterocycles. The van der Waals surface area contributed by atoms with Crippen molar-refractivity contribution in [2.75, 3.05) is 7.05 Å². The number of nitrogens with zero attached hydrogens (tertiary/aromatic N) is 4. The number of amides is 1. The Bertz CT molecular complexity index is 1430. The lowest BCUT2D eigenvalue weighted by Crippen LogP contribution is -2.19. The average Bonchev–Trinajstić information content (AvgIpc) is 3.28. The van der Waals surface area contributed by atoms with Crippen molar-refractivity contribution in [2.24, 2.45) is 4.99 Å². The second-order valence-corrected chi connectivity index (χ2v) is 6.65. The maximum atomic E-state index is 11.4. The molecule has 0 bridgehead atoms. The molecule has 0 aliphatic rings. The molecule has 0 radical (unpaired) electrons. The summed E-state index contributed by atoms with van der Waals surface area (Å²) in [5, 5.41) is 17.5. The van der Waals surface area contributed by atoms with Gasteiger partial charge in [-0.25, -0.2) is 9.78 Å². The summed E-state index contributed by atoms with van der Waals surface area (Å²) in [6.45, 7) is 1.89. The number of fused-ring (bicyclic) bond motifs is 1. The summed E-state index contributed by atoms with van der Waals surface area (Å²) in [4.78, 5) is 36.4. The number of aromatic hydroxyl groups is 1. The van der Waals surface area contributed by atoms with Crippen LogP contribution in [0.4, 0.5) is 0 Å². The highest BCUT2D eigenvalue weighted by molar-refractivity contribution is 5.73. The Morgan fingerprint density at radius 3 is 2.87 bits per heavy atom. The van der Waals surface area contributed by atoms with Crippen molar-refractivity contribution in [3.8, 4) is 17.1 Å². The Morgan fingerprint density at radius 1 is 1.33 bits per heavy atom. The van der Waals surface area contributed by atoms with E-state index in [-0.39, 0.29) is 17.5 Å². The lowest BCUT2D eigenvalue weighted by atomic mass is 10.1. The summed E-state index contributed by atoms with van der Waals surface area (Å²) < 4.78 is 1.58. The minimum absolute atomic E-state index is 0.0995. The normalized spacial score (nSPS) is 12.6. The molecular formula is C20H19N7O3. The van der Waals surface area contributed by atoms with Crippen molar-refractivity contribution in [2.45, 2.75) is 13.5 Å². The highest BCUT2D eigenvalue weighted by Gasteiger charge is 2.09. The molecule has 10 nitrogen and oxygen atoms in total. The molecule has 0 saturated heterocycles. The highest BCUT2D eigenvalue weighted by atomic mass is 16.3. The predicted molar refractivity (Wildman–Crippen MR) is 109 cm³/mol. The summed E-state index contributed by atoms with van der Waals surface area (Å²) in [6.07, 6.45) is 3.16. The quantitative estimate of drug-likeness (QED) is 0.373. The molecule has 0 saturated carbocycles. The molecule has 4 N–H and O–H groups in total. The van der Waals surface area contributed by atoms with Crippen LogP contribution in [0.25, 0.3) is 23.0 Å². The number of nitrogens with one attached hydrogen (secondary N) is 3. The number of carbonyl (C=O) groups is 1. The van der Waals surface area contributed by atoms with Gasteiger partial charge in [0, 0.05) is 37.4 Å². The van der Waals surface area contributed by atoms with Crippen LogP contribution in [0.1, 0.15) is 18.2 Å². The third kappa shape index (κ3) is 3.70. The first-order valence-corrected chi connectivity index (χ1v) is 9.13. The SMILES string of the molecule is CN=c1cc(-c2cccc(CNC(C)=O)c2)nc2c(=Cc3[nH]c(=O)[nH]c3O)cnn12. The smallest absolute Gasteiger partial charge is 0.326 e. The molecule has 4 rings (SSSR count). The van der Waals surface area contributed by atoms with E-state index in [0.29, 0.717) is 28.6 Å². The highest BCUT2D eigenvalue weighted by Crippen LogP contribution is 2.17. The third-order valence-corrected chi connectivity index (χ3v) is 4.51. The number of hydrogen-bond acceptors (Lipinski definition) is 6. The maximum absolute atomic E-state index is 11.4.